The molecule has 0 heterocycles. The van der Waals surface area contributed by atoms with Gasteiger partial charge in [-0.3, -0.25) is 4.55 Å². The second-order valence-electron chi connectivity index (χ2n) is 6.25. The number of benzene rings is 3. The molecule has 30 heavy (non-hydrogen) atoms. The molecule has 4 N–H and O–H groups in total. The van der Waals surface area contributed by atoms with E-state index in [1.54, 1.807) is 0 Å². The molecular formula is C20H23ClN4O4S. The number of hydrogen-bond acceptors (Lipinski definition) is 7. The zero-order valence-electron chi connectivity index (χ0n) is 16.0. The van der Waals surface area contributed by atoms with E-state index in [1.165, 1.54) is 24.3 Å². The highest BCUT2D eigenvalue weighted by Gasteiger charge is 2.08. The van der Waals surface area contributed by atoms with Crippen LogP contribution in [0.3, 0.4) is 0 Å². The first-order chi connectivity index (χ1) is 14.0. The minimum Gasteiger partial charge on any atom is -0.395 e. The van der Waals surface area contributed by atoms with Gasteiger partial charge in [0.05, 0.1) is 22.9 Å². The van der Waals surface area contributed by atoms with Gasteiger partial charge < -0.3 is 15.7 Å². The lowest BCUT2D eigenvalue weighted by Gasteiger charge is -2.11. The van der Waals surface area contributed by atoms with Crippen LogP contribution < -0.4 is 10.6 Å². The largest absolute Gasteiger partial charge is 0.395 e. The van der Waals surface area contributed by atoms with Gasteiger partial charge in [-0.05, 0) is 36.4 Å². The summed E-state index contributed by atoms with van der Waals surface area (Å²) in [5.74, 6) is 0. The van der Waals surface area contributed by atoms with Gasteiger partial charge in [0.25, 0.3) is 10.1 Å². The predicted molar refractivity (Wildman–Crippen MR) is 120 cm³/mol. The van der Waals surface area contributed by atoms with Crippen molar-refractivity contribution in [1.29, 1.82) is 0 Å². The molecule has 10 heteroatoms. The molecule has 0 aliphatic heterocycles. The van der Waals surface area contributed by atoms with Crippen molar-refractivity contribution in [2.75, 3.05) is 31.6 Å². The molecule has 8 nitrogen and oxygen atoms in total. The number of nitrogens with zero attached hydrogens (tertiary/aromatic N) is 2. The van der Waals surface area contributed by atoms with Crippen LogP contribution in [0.1, 0.15) is 0 Å². The third-order valence-corrected chi connectivity index (χ3v) is 5.08. The first-order valence-corrected chi connectivity index (χ1v) is 10.5. The van der Waals surface area contributed by atoms with Crippen LogP contribution >= 0.6 is 12.4 Å². The molecule has 0 unspecified atom stereocenters. The summed E-state index contributed by atoms with van der Waals surface area (Å²) in [5.41, 5.74) is 2.13. The summed E-state index contributed by atoms with van der Waals surface area (Å²) in [6.45, 7) is 2.12. The molecule has 160 valence electrons. The number of rotatable bonds is 9. The fraction of sp³-hybridized carbons (Fsp3) is 0.200. The van der Waals surface area contributed by atoms with E-state index >= 15 is 0 Å². The molecule has 0 radical (unpaired) electrons. The number of aliphatic hydroxyl groups excluding tert-OH is 1. The highest BCUT2D eigenvalue weighted by molar-refractivity contribution is 7.85. The number of nitrogens with one attached hydrogen (secondary N) is 2. The number of hydrogen-bond donors (Lipinski definition) is 4. The van der Waals surface area contributed by atoms with Crippen molar-refractivity contribution in [1.82, 2.24) is 5.32 Å². The Bertz CT molecular complexity index is 1110. The van der Waals surface area contributed by atoms with E-state index < -0.39 is 10.1 Å². The van der Waals surface area contributed by atoms with Crippen molar-refractivity contribution in [3.05, 3.63) is 60.7 Å². The van der Waals surface area contributed by atoms with Crippen molar-refractivity contribution in [3.63, 3.8) is 0 Å². The fourth-order valence-electron chi connectivity index (χ4n) is 2.81. The monoisotopic (exact) mass is 450 g/mol. The number of fused-ring (bicyclic) bond motifs is 1. The summed E-state index contributed by atoms with van der Waals surface area (Å²) in [7, 11) is -4.23. The topological polar surface area (TPSA) is 123 Å². The Labute approximate surface area is 181 Å². The van der Waals surface area contributed by atoms with Crippen LogP contribution in [0.15, 0.2) is 75.8 Å². The van der Waals surface area contributed by atoms with Crippen LogP contribution in [-0.2, 0) is 10.1 Å². The zero-order valence-corrected chi connectivity index (χ0v) is 17.7. The Kier molecular flexibility index (Phi) is 8.70. The van der Waals surface area contributed by atoms with Crippen LogP contribution in [0.4, 0.5) is 17.1 Å². The van der Waals surface area contributed by atoms with Gasteiger partial charge in [0, 0.05) is 36.1 Å². The number of halogens is 1. The molecule has 0 saturated carbocycles. The molecule has 3 rings (SSSR count). The summed E-state index contributed by atoms with van der Waals surface area (Å²) in [6.07, 6.45) is 0. The quantitative estimate of drug-likeness (QED) is 0.222. The summed E-state index contributed by atoms with van der Waals surface area (Å²) >= 11 is 0. The fourth-order valence-corrected chi connectivity index (χ4v) is 3.29. The lowest BCUT2D eigenvalue weighted by Crippen LogP contribution is -2.24. The van der Waals surface area contributed by atoms with Crippen LogP contribution in [0, 0.1) is 0 Å². The average Bonchev–Trinajstić information content (AvgIpc) is 2.72. The van der Waals surface area contributed by atoms with Crippen molar-refractivity contribution in [2.45, 2.75) is 4.90 Å². The molecule has 0 atom stereocenters. The maximum Gasteiger partial charge on any atom is 0.294 e. The van der Waals surface area contributed by atoms with Gasteiger partial charge in [0.15, 0.2) is 0 Å². The van der Waals surface area contributed by atoms with Crippen molar-refractivity contribution in [2.24, 2.45) is 10.2 Å². The molecule has 0 aliphatic rings. The second kappa shape index (κ2) is 11.0. The van der Waals surface area contributed by atoms with Gasteiger partial charge in [-0.1, -0.05) is 24.3 Å². The Hall–Kier alpha value is -2.56. The smallest absolute Gasteiger partial charge is 0.294 e. The van der Waals surface area contributed by atoms with Crippen molar-refractivity contribution >= 4 is 50.4 Å². The Balaban J connectivity index is 0.00000320. The van der Waals surface area contributed by atoms with Gasteiger partial charge in [0.2, 0.25) is 0 Å². The molecular weight excluding hydrogens is 428 g/mol. The summed E-state index contributed by atoms with van der Waals surface area (Å²) < 4.78 is 31.3. The number of aliphatic hydroxyl groups is 1. The minimum atomic E-state index is -4.23. The maximum absolute atomic E-state index is 11.1. The van der Waals surface area contributed by atoms with Gasteiger partial charge in [-0.25, -0.2) is 0 Å². The van der Waals surface area contributed by atoms with Crippen LogP contribution in [-0.4, -0.2) is 44.3 Å². The molecule has 3 aromatic rings. The normalized spacial score (nSPS) is 11.5. The lowest BCUT2D eigenvalue weighted by molar-refractivity contribution is 0.293. The van der Waals surface area contributed by atoms with E-state index in [-0.39, 0.29) is 23.9 Å². The van der Waals surface area contributed by atoms with Gasteiger partial charge in [-0.15, -0.1) is 17.5 Å². The molecule has 0 aliphatic carbocycles. The summed E-state index contributed by atoms with van der Waals surface area (Å²) in [5, 5.41) is 25.7. The molecule has 0 spiro atoms. The van der Waals surface area contributed by atoms with Crippen molar-refractivity contribution in [3.8, 4) is 0 Å². The number of azo groups is 1. The molecule has 0 amide bonds. The first-order valence-electron chi connectivity index (χ1n) is 9.05. The molecule has 3 aromatic carbocycles. The highest BCUT2D eigenvalue weighted by Crippen LogP contribution is 2.32. The first kappa shape index (κ1) is 23.7. The summed E-state index contributed by atoms with van der Waals surface area (Å²) in [6, 6.07) is 17.1. The van der Waals surface area contributed by atoms with Gasteiger partial charge >= 0.3 is 0 Å². The van der Waals surface area contributed by atoms with E-state index in [0.29, 0.717) is 24.5 Å². The predicted octanol–water partition coefficient (Wildman–Crippen LogP) is 3.92. The third-order valence-electron chi connectivity index (χ3n) is 4.21. The number of anilines is 1. The van der Waals surface area contributed by atoms with E-state index in [9.17, 15) is 8.42 Å². The Morgan fingerprint density at radius 2 is 1.53 bits per heavy atom. The maximum atomic E-state index is 11.1. The van der Waals surface area contributed by atoms with Crippen LogP contribution in [0.5, 0.6) is 0 Å². The molecule has 0 bridgehead atoms. The molecule has 0 fully saturated rings. The SMILES string of the molecule is Cl.O=S(=O)(O)c1ccc(N=Nc2ccc(NCCNCCO)c3ccccc23)cc1. The van der Waals surface area contributed by atoms with E-state index in [1.807, 2.05) is 36.4 Å². The van der Waals surface area contributed by atoms with E-state index in [0.717, 1.165) is 23.0 Å². The second-order valence-corrected chi connectivity index (χ2v) is 7.67. The minimum absolute atomic E-state index is 0. The lowest BCUT2D eigenvalue weighted by atomic mass is 10.1. The average molecular weight is 451 g/mol. The Morgan fingerprint density at radius 3 is 2.20 bits per heavy atom. The summed E-state index contributed by atoms with van der Waals surface area (Å²) in [4.78, 5) is -0.189. The third kappa shape index (κ3) is 6.22. The Morgan fingerprint density at radius 1 is 0.833 bits per heavy atom. The zero-order chi connectivity index (χ0) is 20.7. The van der Waals surface area contributed by atoms with Crippen molar-refractivity contribution < 1.29 is 18.1 Å². The van der Waals surface area contributed by atoms with E-state index in [4.69, 9.17) is 9.66 Å². The van der Waals surface area contributed by atoms with Gasteiger partial charge in [0.1, 0.15) is 0 Å². The van der Waals surface area contributed by atoms with Crippen LogP contribution in [0.2, 0.25) is 0 Å². The highest BCUT2D eigenvalue weighted by atomic mass is 35.5. The molecule has 0 aromatic heterocycles. The standard InChI is InChI=1S/C20H22N4O4S.ClH/c25-14-13-21-11-12-22-19-9-10-20(18-4-2-1-3-17(18)19)24-23-15-5-7-16(8-6-15)29(26,27)28;/h1-10,21-22,25H,11-14H2,(H,26,27,28);1H. The van der Waals surface area contributed by atoms with Crippen LogP contribution in [0.25, 0.3) is 10.8 Å². The van der Waals surface area contributed by atoms with Gasteiger partial charge in [-0.2, -0.15) is 13.5 Å². The molecule has 0 saturated heterocycles. The van der Waals surface area contributed by atoms with E-state index in [2.05, 4.69) is 20.9 Å².